The first-order valence-electron chi connectivity index (χ1n) is 4.32. The maximum atomic E-state index is 9.25. The zero-order chi connectivity index (χ0) is 8.55. The molecule has 0 aromatic heterocycles. The summed E-state index contributed by atoms with van der Waals surface area (Å²) in [6.45, 7) is 3.16. The smallest absolute Gasteiger partial charge is 0.115 e. The molecule has 0 bridgehead atoms. The van der Waals surface area contributed by atoms with Crippen molar-refractivity contribution in [3.05, 3.63) is 29.3 Å². The third kappa shape index (κ3) is 1.18. The number of phenols is 1. The van der Waals surface area contributed by atoms with Gasteiger partial charge in [0.25, 0.3) is 0 Å². The Labute approximate surface area is 72.2 Å². The first-order valence-corrected chi connectivity index (χ1v) is 4.32. The van der Waals surface area contributed by atoms with E-state index in [2.05, 4.69) is 12.2 Å². The predicted molar refractivity (Wildman–Crippen MR) is 48.2 cm³/mol. The lowest BCUT2D eigenvalue weighted by Crippen LogP contribution is -2.27. The Morgan fingerprint density at radius 1 is 1.50 bits per heavy atom. The van der Waals surface area contributed by atoms with Crippen molar-refractivity contribution in [2.75, 3.05) is 6.54 Å². The van der Waals surface area contributed by atoms with Crippen LogP contribution in [0.2, 0.25) is 0 Å². The number of hydrogen-bond acceptors (Lipinski definition) is 2. The fourth-order valence-electron chi connectivity index (χ4n) is 1.76. The van der Waals surface area contributed by atoms with Crippen molar-refractivity contribution in [1.29, 1.82) is 0 Å². The van der Waals surface area contributed by atoms with Crippen LogP contribution < -0.4 is 5.32 Å². The fourth-order valence-corrected chi connectivity index (χ4v) is 1.76. The van der Waals surface area contributed by atoms with Crippen LogP contribution in [0.3, 0.4) is 0 Å². The number of nitrogens with one attached hydrogen (secondary N) is 1. The van der Waals surface area contributed by atoms with Gasteiger partial charge in [0, 0.05) is 6.04 Å². The van der Waals surface area contributed by atoms with E-state index in [9.17, 15) is 5.11 Å². The van der Waals surface area contributed by atoms with E-state index in [1.165, 1.54) is 11.1 Å². The molecule has 0 aliphatic carbocycles. The van der Waals surface area contributed by atoms with Crippen LogP contribution in [0.5, 0.6) is 5.75 Å². The molecule has 2 rings (SSSR count). The fraction of sp³-hybridized carbons (Fsp3) is 0.400. The second-order valence-electron chi connectivity index (χ2n) is 3.31. The first-order chi connectivity index (χ1) is 5.77. The summed E-state index contributed by atoms with van der Waals surface area (Å²) in [4.78, 5) is 0. The summed E-state index contributed by atoms with van der Waals surface area (Å²) in [7, 11) is 0. The van der Waals surface area contributed by atoms with E-state index in [1.807, 2.05) is 12.1 Å². The number of phenolic OH excluding ortho intramolecular Hbond substituents is 1. The van der Waals surface area contributed by atoms with Crippen LogP contribution in [-0.4, -0.2) is 11.7 Å². The Balaban J connectivity index is 2.46. The van der Waals surface area contributed by atoms with Gasteiger partial charge in [0.05, 0.1) is 0 Å². The monoisotopic (exact) mass is 163 g/mol. The van der Waals surface area contributed by atoms with Crippen molar-refractivity contribution in [1.82, 2.24) is 5.32 Å². The Morgan fingerprint density at radius 2 is 2.33 bits per heavy atom. The van der Waals surface area contributed by atoms with Gasteiger partial charge >= 0.3 is 0 Å². The molecule has 1 aliphatic heterocycles. The summed E-state index contributed by atoms with van der Waals surface area (Å²) in [5, 5.41) is 12.6. The Morgan fingerprint density at radius 3 is 3.17 bits per heavy atom. The first kappa shape index (κ1) is 7.62. The van der Waals surface area contributed by atoms with Gasteiger partial charge in [-0.2, -0.15) is 0 Å². The van der Waals surface area contributed by atoms with Gasteiger partial charge in [0.2, 0.25) is 0 Å². The van der Waals surface area contributed by atoms with Crippen molar-refractivity contribution in [2.24, 2.45) is 0 Å². The summed E-state index contributed by atoms with van der Waals surface area (Å²) in [6.07, 6.45) is 1.02. The van der Waals surface area contributed by atoms with Crippen LogP contribution in [-0.2, 0) is 6.42 Å². The minimum absolute atomic E-state index is 0.378. The standard InChI is InChI=1S/C10H13NO/c1-7-10-3-2-9(12)6-8(10)4-5-11-7/h2-3,6-7,11-12H,4-5H2,1H3. The number of aromatic hydroxyl groups is 1. The lowest BCUT2D eigenvalue weighted by Gasteiger charge is -2.23. The lowest BCUT2D eigenvalue weighted by molar-refractivity contribution is 0.470. The zero-order valence-corrected chi connectivity index (χ0v) is 7.17. The molecule has 2 nitrogen and oxygen atoms in total. The molecular weight excluding hydrogens is 150 g/mol. The number of benzene rings is 1. The van der Waals surface area contributed by atoms with Crippen LogP contribution >= 0.6 is 0 Å². The van der Waals surface area contributed by atoms with E-state index >= 15 is 0 Å². The summed E-state index contributed by atoms with van der Waals surface area (Å²) in [5.74, 6) is 0.378. The van der Waals surface area contributed by atoms with Crippen molar-refractivity contribution < 1.29 is 5.11 Å². The topological polar surface area (TPSA) is 32.3 Å². The highest BCUT2D eigenvalue weighted by Crippen LogP contribution is 2.25. The van der Waals surface area contributed by atoms with Gasteiger partial charge in [-0.05, 0) is 43.1 Å². The molecule has 1 unspecified atom stereocenters. The summed E-state index contributed by atoms with van der Waals surface area (Å²) in [6, 6.07) is 6.05. The molecular formula is C10H13NO. The van der Waals surface area contributed by atoms with E-state index in [0.717, 1.165) is 13.0 Å². The van der Waals surface area contributed by atoms with Gasteiger partial charge in [-0.1, -0.05) is 6.07 Å². The maximum Gasteiger partial charge on any atom is 0.115 e. The Kier molecular flexibility index (Phi) is 1.77. The molecule has 12 heavy (non-hydrogen) atoms. The number of rotatable bonds is 0. The van der Waals surface area contributed by atoms with Crippen LogP contribution in [0.25, 0.3) is 0 Å². The second-order valence-corrected chi connectivity index (χ2v) is 3.31. The number of fused-ring (bicyclic) bond motifs is 1. The van der Waals surface area contributed by atoms with Crippen molar-refractivity contribution in [3.63, 3.8) is 0 Å². The van der Waals surface area contributed by atoms with Crippen LogP contribution in [0.1, 0.15) is 24.1 Å². The van der Waals surface area contributed by atoms with E-state index in [4.69, 9.17) is 0 Å². The zero-order valence-electron chi connectivity index (χ0n) is 7.17. The van der Waals surface area contributed by atoms with Gasteiger partial charge < -0.3 is 10.4 Å². The molecule has 0 fully saturated rings. The summed E-state index contributed by atoms with van der Waals surface area (Å²) >= 11 is 0. The van der Waals surface area contributed by atoms with Gasteiger partial charge in [0.1, 0.15) is 5.75 Å². The highest BCUT2D eigenvalue weighted by molar-refractivity contribution is 5.38. The predicted octanol–water partition coefficient (Wildman–Crippen LogP) is 1.60. The molecule has 0 amide bonds. The largest absolute Gasteiger partial charge is 0.508 e. The molecule has 1 aliphatic rings. The molecule has 1 heterocycles. The molecule has 1 atom stereocenters. The molecule has 2 N–H and O–H groups in total. The average molecular weight is 163 g/mol. The van der Waals surface area contributed by atoms with E-state index in [-0.39, 0.29) is 0 Å². The summed E-state index contributed by atoms with van der Waals surface area (Å²) in [5.41, 5.74) is 2.60. The molecule has 0 spiro atoms. The molecule has 1 aromatic rings. The van der Waals surface area contributed by atoms with Crippen LogP contribution in [0, 0.1) is 0 Å². The Bertz CT molecular complexity index is 296. The van der Waals surface area contributed by atoms with Crippen molar-refractivity contribution in [2.45, 2.75) is 19.4 Å². The van der Waals surface area contributed by atoms with Crippen molar-refractivity contribution >= 4 is 0 Å². The van der Waals surface area contributed by atoms with Crippen LogP contribution in [0.15, 0.2) is 18.2 Å². The molecule has 0 radical (unpaired) electrons. The van der Waals surface area contributed by atoms with Crippen LogP contribution in [0.4, 0.5) is 0 Å². The van der Waals surface area contributed by atoms with Gasteiger partial charge in [-0.3, -0.25) is 0 Å². The lowest BCUT2D eigenvalue weighted by atomic mass is 9.95. The molecule has 64 valence electrons. The minimum atomic E-state index is 0.378. The van der Waals surface area contributed by atoms with Crippen molar-refractivity contribution in [3.8, 4) is 5.75 Å². The van der Waals surface area contributed by atoms with E-state index in [1.54, 1.807) is 6.07 Å². The molecule has 2 heteroatoms. The second kappa shape index (κ2) is 2.79. The van der Waals surface area contributed by atoms with Gasteiger partial charge in [0.15, 0.2) is 0 Å². The van der Waals surface area contributed by atoms with E-state index in [0.29, 0.717) is 11.8 Å². The third-order valence-corrected chi connectivity index (χ3v) is 2.44. The average Bonchev–Trinajstić information content (AvgIpc) is 2.04. The highest BCUT2D eigenvalue weighted by atomic mass is 16.3. The minimum Gasteiger partial charge on any atom is -0.508 e. The highest BCUT2D eigenvalue weighted by Gasteiger charge is 2.14. The maximum absolute atomic E-state index is 9.25. The Hall–Kier alpha value is -1.02. The third-order valence-electron chi connectivity index (χ3n) is 2.44. The molecule has 1 aromatic carbocycles. The SMILES string of the molecule is CC1NCCc2cc(O)ccc21. The molecule has 0 saturated carbocycles. The number of hydrogen-bond donors (Lipinski definition) is 2. The normalized spacial score (nSPS) is 21.9. The van der Waals surface area contributed by atoms with Gasteiger partial charge in [-0.15, -0.1) is 0 Å². The molecule has 0 saturated heterocycles. The summed E-state index contributed by atoms with van der Waals surface area (Å²) < 4.78 is 0. The quantitative estimate of drug-likeness (QED) is 0.609. The van der Waals surface area contributed by atoms with Gasteiger partial charge in [-0.25, -0.2) is 0 Å². The van der Waals surface area contributed by atoms with E-state index < -0.39 is 0 Å².